The van der Waals surface area contributed by atoms with E-state index in [1.807, 2.05) is 0 Å². The molecule has 0 radical (unpaired) electrons. The summed E-state index contributed by atoms with van der Waals surface area (Å²) in [4.78, 5) is 33.9. The van der Waals surface area contributed by atoms with Gasteiger partial charge in [-0.15, -0.1) is 0 Å². The van der Waals surface area contributed by atoms with Crippen LogP contribution >= 0.6 is 11.6 Å². The minimum atomic E-state index is -0.886. The van der Waals surface area contributed by atoms with Gasteiger partial charge < -0.3 is 20.5 Å². The molecule has 8 nitrogen and oxygen atoms in total. The second kappa shape index (κ2) is 9.25. The van der Waals surface area contributed by atoms with Crippen LogP contribution in [0.25, 0.3) is 11.0 Å². The van der Waals surface area contributed by atoms with E-state index in [1.165, 1.54) is 36.5 Å². The zero-order valence-corrected chi connectivity index (χ0v) is 19.8. The van der Waals surface area contributed by atoms with E-state index in [4.69, 9.17) is 16.3 Å². The number of carbonyl (C=O) groups excluding carboxylic acids is 2. The molecule has 0 aliphatic heterocycles. The molecule has 3 aliphatic carbocycles. The van der Waals surface area contributed by atoms with Gasteiger partial charge in [-0.3, -0.25) is 14.6 Å². The minimum Gasteiger partial charge on any atom is -0.484 e. The fraction of sp³-hybridized carbons (Fsp3) is 0.360. The normalized spacial score (nSPS) is 24.9. The standard InChI is InChI=1S/C25H23ClF2N4O4/c26-16-3-2-15(10-17(16)28)36-13-22(34)31-25-7-5-24(6-8-25,11-21(25)33)32-23(35)20-12-29-19-9-14(27)1-4-18(19)30-20/h1-4,9-10,12,21,33H,5-8,11,13H2,(H,31,34)(H,32,35)/t21-,24?,25?/m0/s1. The van der Waals surface area contributed by atoms with E-state index < -0.39 is 40.6 Å². The van der Waals surface area contributed by atoms with E-state index in [2.05, 4.69) is 20.6 Å². The first-order chi connectivity index (χ1) is 17.2. The summed E-state index contributed by atoms with van der Waals surface area (Å²) in [6.07, 6.45) is 2.68. The third-order valence-electron chi connectivity index (χ3n) is 7.09. The fourth-order valence-corrected chi connectivity index (χ4v) is 5.21. The molecule has 3 aromatic rings. The van der Waals surface area contributed by atoms with Crippen LogP contribution in [0.2, 0.25) is 5.02 Å². The third-order valence-corrected chi connectivity index (χ3v) is 7.39. The highest BCUT2D eigenvalue weighted by Crippen LogP contribution is 2.47. The highest BCUT2D eigenvalue weighted by atomic mass is 35.5. The number of nitrogens with zero attached hydrogens (tertiary/aromatic N) is 2. The van der Waals surface area contributed by atoms with Gasteiger partial charge in [0.1, 0.15) is 23.1 Å². The third kappa shape index (κ3) is 4.70. The molecule has 6 rings (SSSR count). The molecule has 0 saturated heterocycles. The maximum absolute atomic E-state index is 13.6. The van der Waals surface area contributed by atoms with Crippen molar-refractivity contribution >= 4 is 34.4 Å². The number of nitrogens with one attached hydrogen (secondary N) is 2. The lowest BCUT2D eigenvalue weighted by Gasteiger charge is -2.56. The molecule has 1 heterocycles. The molecule has 2 bridgehead atoms. The van der Waals surface area contributed by atoms with E-state index in [0.717, 1.165) is 6.07 Å². The van der Waals surface area contributed by atoms with E-state index in [1.54, 1.807) is 0 Å². The summed E-state index contributed by atoms with van der Waals surface area (Å²) < 4.78 is 32.3. The van der Waals surface area contributed by atoms with Gasteiger partial charge in [0.15, 0.2) is 6.61 Å². The van der Waals surface area contributed by atoms with Gasteiger partial charge >= 0.3 is 0 Å². The van der Waals surface area contributed by atoms with Crippen molar-refractivity contribution in [2.75, 3.05) is 6.61 Å². The number of halogens is 3. The smallest absolute Gasteiger partial charge is 0.271 e. The number of fused-ring (bicyclic) bond motifs is 4. The lowest BCUT2D eigenvalue weighted by Crippen LogP contribution is -2.70. The molecule has 0 spiro atoms. The average molecular weight is 517 g/mol. The molecule has 36 heavy (non-hydrogen) atoms. The Morgan fingerprint density at radius 1 is 1.08 bits per heavy atom. The van der Waals surface area contributed by atoms with E-state index in [-0.39, 0.29) is 29.5 Å². The van der Waals surface area contributed by atoms with E-state index >= 15 is 0 Å². The van der Waals surface area contributed by atoms with Crippen LogP contribution in [0.1, 0.15) is 42.6 Å². The summed E-state index contributed by atoms with van der Waals surface area (Å²) in [5.74, 6) is -1.79. The molecule has 2 aromatic carbocycles. The SMILES string of the molecule is O=C(COc1ccc(Cl)c(F)c1)NC12CCC(NC(=O)c3cnc4cc(F)ccc4n3)(CC1)C[C@@H]2O. The van der Waals surface area contributed by atoms with Crippen molar-refractivity contribution in [2.24, 2.45) is 0 Å². The number of aliphatic hydroxyl groups excluding tert-OH is 1. The molecule has 1 atom stereocenters. The van der Waals surface area contributed by atoms with Crippen molar-refractivity contribution in [1.29, 1.82) is 0 Å². The molecule has 0 unspecified atom stereocenters. The Kier molecular flexibility index (Phi) is 6.25. The van der Waals surface area contributed by atoms with E-state index in [0.29, 0.717) is 36.7 Å². The van der Waals surface area contributed by atoms with Gasteiger partial charge in [0.25, 0.3) is 11.8 Å². The lowest BCUT2D eigenvalue weighted by molar-refractivity contribution is -0.132. The summed E-state index contributed by atoms with van der Waals surface area (Å²) in [5.41, 5.74) is -0.616. The number of carbonyl (C=O) groups is 2. The van der Waals surface area contributed by atoms with Crippen LogP contribution in [0.4, 0.5) is 8.78 Å². The number of aliphatic hydroxyl groups is 1. The van der Waals surface area contributed by atoms with Crippen LogP contribution in [0.15, 0.2) is 42.6 Å². The number of amides is 2. The van der Waals surface area contributed by atoms with Gasteiger partial charge in [-0.05, 0) is 56.4 Å². The molecule has 3 fully saturated rings. The highest BCUT2D eigenvalue weighted by molar-refractivity contribution is 6.30. The predicted octanol–water partition coefficient (Wildman–Crippen LogP) is 3.30. The zero-order chi connectivity index (χ0) is 25.5. The highest BCUT2D eigenvalue weighted by Gasteiger charge is 2.55. The number of aromatic nitrogens is 2. The second-order valence-electron chi connectivity index (χ2n) is 9.41. The van der Waals surface area contributed by atoms with Gasteiger partial charge in [-0.1, -0.05) is 11.6 Å². The molecule has 11 heteroatoms. The Hall–Kier alpha value is -3.37. The number of hydrogen-bond donors (Lipinski definition) is 3. The van der Waals surface area contributed by atoms with Crippen molar-refractivity contribution in [1.82, 2.24) is 20.6 Å². The number of ether oxygens (including phenoxy) is 1. The van der Waals surface area contributed by atoms with Crippen molar-refractivity contribution in [2.45, 2.75) is 49.3 Å². The van der Waals surface area contributed by atoms with Gasteiger partial charge in [0.2, 0.25) is 0 Å². The molecule has 3 saturated carbocycles. The molecular weight excluding hydrogens is 494 g/mol. The van der Waals surface area contributed by atoms with E-state index in [9.17, 15) is 23.5 Å². The minimum absolute atomic E-state index is 0.0446. The second-order valence-corrected chi connectivity index (χ2v) is 9.82. The Bertz CT molecular complexity index is 1350. The number of rotatable bonds is 6. The Morgan fingerprint density at radius 3 is 2.58 bits per heavy atom. The quantitative estimate of drug-likeness (QED) is 0.463. The molecule has 188 valence electrons. The summed E-state index contributed by atoms with van der Waals surface area (Å²) in [6, 6.07) is 7.85. The van der Waals surface area contributed by atoms with Crippen LogP contribution < -0.4 is 15.4 Å². The Balaban J connectivity index is 1.20. The monoisotopic (exact) mass is 516 g/mol. The molecule has 2 amide bonds. The molecular formula is C25H23ClF2N4O4. The van der Waals surface area contributed by atoms with Crippen molar-refractivity contribution in [3.05, 3.63) is 64.9 Å². The van der Waals surface area contributed by atoms with Gasteiger partial charge in [0, 0.05) is 17.7 Å². The maximum Gasteiger partial charge on any atom is 0.271 e. The Labute approximate surface area is 210 Å². The van der Waals surface area contributed by atoms with Gasteiger partial charge in [-0.2, -0.15) is 0 Å². The Morgan fingerprint density at radius 2 is 1.86 bits per heavy atom. The van der Waals surface area contributed by atoms with Crippen LogP contribution in [-0.2, 0) is 4.79 Å². The van der Waals surface area contributed by atoms with Crippen LogP contribution in [0.5, 0.6) is 5.75 Å². The van der Waals surface area contributed by atoms with Gasteiger partial charge in [-0.25, -0.2) is 13.8 Å². The predicted molar refractivity (Wildman–Crippen MR) is 127 cm³/mol. The van der Waals surface area contributed by atoms with Crippen LogP contribution in [0.3, 0.4) is 0 Å². The number of benzene rings is 2. The largest absolute Gasteiger partial charge is 0.484 e. The van der Waals surface area contributed by atoms with Crippen molar-refractivity contribution in [3.8, 4) is 5.75 Å². The van der Waals surface area contributed by atoms with Crippen LogP contribution in [0, 0.1) is 11.6 Å². The summed E-state index contributed by atoms with van der Waals surface area (Å²) in [6.45, 7) is -0.345. The molecule has 3 aliphatic rings. The summed E-state index contributed by atoms with van der Waals surface area (Å²) in [5, 5.41) is 16.8. The summed E-state index contributed by atoms with van der Waals surface area (Å²) in [7, 11) is 0. The number of hydrogen-bond acceptors (Lipinski definition) is 6. The first-order valence-electron chi connectivity index (χ1n) is 11.5. The van der Waals surface area contributed by atoms with Crippen LogP contribution in [-0.4, -0.2) is 50.7 Å². The topological polar surface area (TPSA) is 113 Å². The fourth-order valence-electron chi connectivity index (χ4n) is 5.09. The molecule has 3 N–H and O–H groups in total. The first-order valence-corrected chi connectivity index (χ1v) is 11.9. The maximum atomic E-state index is 13.6. The lowest BCUT2D eigenvalue weighted by atomic mass is 9.60. The zero-order valence-electron chi connectivity index (χ0n) is 19.1. The molecule has 1 aromatic heterocycles. The summed E-state index contributed by atoms with van der Waals surface area (Å²) >= 11 is 5.65. The van der Waals surface area contributed by atoms with Crippen molar-refractivity contribution < 1.29 is 28.2 Å². The average Bonchev–Trinajstić information content (AvgIpc) is 2.85. The van der Waals surface area contributed by atoms with Crippen molar-refractivity contribution in [3.63, 3.8) is 0 Å². The first kappa shape index (κ1) is 24.3. The van der Waals surface area contributed by atoms with Gasteiger partial charge in [0.05, 0.1) is 33.9 Å².